The van der Waals surface area contributed by atoms with Crippen LogP contribution in [0.5, 0.6) is 0 Å². The van der Waals surface area contributed by atoms with Crippen molar-refractivity contribution < 1.29 is 13.7 Å². The minimum absolute atomic E-state index is 0.0463. The number of nitro groups is 1. The Kier molecular flexibility index (Phi) is 3.31. The Labute approximate surface area is 83.8 Å². The molecule has 0 aliphatic carbocycles. The van der Waals surface area contributed by atoms with Crippen molar-refractivity contribution in [2.75, 3.05) is 6.54 Å². The highest BCUT2D eigenvalue weighted by atomic mass is 19.1. The quantitative estimate of drug-likeness (QED) is 0.431. The van der Waals surface area contributed by atoms with Crippen LogP contribution in [0.25, 0.3) is 0 Å². The summed E-state index contributed by atoms with van der Waals surface area (Å²) in [5.41, 5.74) is 3.90. The van der Waals surface area contributed by atoms with Crippen LogP contribution in [-0.2, 0) is 0 Å². The maximum absolute atomic E-state index is 13.0. The van der Waals surface area contributed by atoms with Gasteiger partial charge in [-0.1, -0.05) is 11.8 Å². The van der Waals surface area contributed by atoms with Gasteiger partial charge in [0.2, 0.25) is 5.82 Å². The number of nitrogens with two attached hydrogens (primary N) is 1. The molecule has 15 heavy (non-hydrogen) atoms. The fourth-order valence-electron chi connectivity index (χ4n) is 0.993. The summed E-state index contributed by atoms with van der Waals surface area (Å²) in [6, 6.07) is 1.23. The van der Waals surface area contributed by atoms with Crippen molar-refractivity contribution in [1.82, 2.24) is 0 Å². The first-order valence-electron chi connectivity index (χ1n) is 3.88. The number of nitro benzene ring substituents is 1. The zero-order valence-electron chi connectivity index (χ0n) is 7.46. The van der Waals surface area contributed by atoms with E-state index in [0.717, 1.165) is 6.07 Å². The molecule has 0 fully saturated rings. The van der Waals surface area contributed by atoms with Crippen LogP contribution in [0, 0.1) is 33.6 Å². The van der Waals surface area contributed by atoms with Crippen molar-refractivity contribution >= 4 is 5.69 Å². The molecule has 0 heterocycles. The normalized spacial score (nSPS) is 9.27. The highest BCUT2D eigenvalue weighted by molar-refractivity contribution is 5.52. The lowest BCUT2D eigenvalue weighted by molar-refractivity contribution is -0.387. The molecule has 0 aliphatic rings. The molecule has 0 unspecified atom stereocenters. The van der Waals surface area contributed by atoms with Crippen LogP contribution < -0.4 is 5.73 Å². The smallest absolute Gasteiger partial charge is 0.320 e. The zero-order chi connectivity index (χ0) is 11.4. The van der Waals surface area contributed by atoms with Gasteiger partial charge >= 0.3 is 5.69 Å². The van der Waals surface area contributed by atoms with E-state index in [1.54, 1.807) is 0 Å². The molecule has 1 aromatic carbocycles. The summed E-state index contributed by atoms with van der Waals surface area (Å²) in [7, 11) is 0. The zero-order valence-corrected chi connectivity index (χ0v) is 7.46. The Morgan fingerprint density at radius 1 is 1.47 bits per heavy atom. The van der Waals surface area contributed by atoms with Crippen LogP contribution in [0.15, 0.2) is 12.1 Å². The number of nitrogens with zero attached hydrogens (tertiary/aromatic N) is 1. The fraction of sp³-hybridized carbons (Fsp3) is 0.111. The lowest BCUT2D eigenvalue weighted by atomic mass is 10.1. The lowest BCUT2D eigenvalue weighted by Crippen LogP contribution is -1.99. The molecule has 1 rings (SSSR count). The topological polar surface area (TPSA) is 69.2 Å². The number of hydrogen-bond acceptors (Lipinski definition) is 3. The third-order valence-electron chi connectivity index (χ3n) is 1.54. The standard InChI is InChI=1S/C9H6F2N2O2/c10-7-4-6(2-1-3-12)9(13(14)15)8(11)5-7/h4-5H,3,12H2. The van der Waals surface area contributed by atoms with Crippen molar-refractivity contribution in [3.63, 3.8) is 0 Å². The molecule has 0 amide bonds. The molecule has 78 valence electrons. The summed E-state index contributed by atoms with van der Waals surface area (Å²) < 4.78 is 25.7. The van der Waals surface area contributed by atoms with Crippen LogP contribution in [0.1, 0.15) is 5.56 Å². The van der Waals surface area contributed by atoms with Crippen molar-refractivity contribution in [3.8, 4) is 11.8 Å². The minimum atomic E-state index is -1.25. The van der Waals surface area contributed by atoms with Crippen molar-refractivity contribution in [3.05, 3.63) is 39.4 Å². The average molecular weight is 212 g/mol. The van der Waals surface area contributed by atoms with Crippen molar-refractivity contribution in [2.24, 2.45) is 5.73 Å². The lowest BCUT2D eigenvalue weighted by Gasteiger charge is -1.97. The van der Waals surface area contributed by atoms with Crippen molar-refractivity contribution in [1.29, 1.82) is 0 Å². The second-order valence-electron chi connectivity index (χ2n) is 2.55. The summed E-state index contributed by atoms with van der Waals surface area (Å²) in [6.45, 7) is -0.0463. The summed E-state index contributed by atoms with van der Waals surface area (Å²) >= 11 is 0. The Hall–Kier alpha value is -2.00. The molecule has 0 spiro atoms. The highest BCUT2D eigenvalue weighted by Crippen LogP contribution is 2.22. The second-order valence-corrected chi connectivity index (χ2v) is 2.55. The molecule has 0 radical (unpaired) electrons. The van der Waals surface area contributed by atoms with Crippen molar-refractivity contribution in [2.45, 2.75) is 0 Å². The fourth-order valence-corrected chi connectivity index (χ4v) is 0.993. The van der Waals surface area contributed by atoms with Crippen LogP contribution >= 0.6 is 0 Å². The largest absolute Gasteiger partial charge is 0.320 e. The van der Waals surface area contributed by atoms with E-state index in [0.29, 0.717) is 6.07 Å². The SMILES string of the molecule is NCC#Cc1cc(F)cc(F)c1[N+](=O)[O-]. The van der Waals surface area contributed by atoms with Gasteiger partial charge < -0.3 is 5.73 Å². The summed E-state index contributed by atoms with van der Waals surface area (Å²) in [4.78, 5) is 9.51. The molecular weight excluding hydrogens is 206 g/mol. The van der Waals surface area contributed by atoms with E-state index < -0.39 is 22.2 Å². The minimum Gasteiger partial charge on any atom is -0.320 e. The monoisotopic (exact) mass is 212 g/mol. The van der Waals surface area contributed by atoms with Gasteiger partial charge in [0.25, 0.3) is 0 Å². The molecule has 0 atom stereocenters. The summed E-state index contributed by atoms with van der Waals surface area (Å²) in [5.74, 6) is 2.37. The van der Waals surface area contributed by atoms with Gasteiger partial charge in [0.1, 0.15) is 11.4 Å². The summed E-state index contributed by atoms with van der Waals surface area (Å²) in [5, 5.41) is 10.5. The third kappa shape index (κ3) is 2.48. The second kappa shape index (κ2) is 4.48. The van der Waals surface area contributed by atoms with Crippen LogP contribution in [0.4, 0.5) is 14.5 Å². The Morgan fingerprint density at radius 2 is 2.13 bits per heavy atom. The van der Waals surface area contributed by atoms with E-state index in [4.69, 9.17) is 5.73 Å². The Bertz CT molecular complexity index is 463. The van der Waals surface area contributed by atoms with Gasteiger partial charge in [-0.2, -0.15) is 4.39 Å². The van der Waals surface area contributed by atoms with Crippen LogP contribution in [0.3, 0.4) is 0 Å². The van der Waals surface area contributed by atoms with Crippen LogP contribution in [0.2, 0.25) is 0 Å². The van der Waals surface area contributed by atoms with Crippen LogP contribution in [-0.4, -0.2) is 11.5 Å². The van der Waals surface area contributed by atoms with Gasteiger partial charge in [0.05, 0.1) is 11.5 Å². The first-order valence-corrected chi connectivity index (χ1v) is 3.88. The summed E-state index contributed by atoms with van der Waals surface area (Å²) in [6.07, 6.45) is 0. The molecule has 6 heteroatoms. The molecule has 0 saturated carbocycles. The molecule has 1 aromatic rings. The average Bonchev–Trinajstić information content (AvgIpc) is 2.12. The first-order chi connectivity index (χ1) is 7.06. The molecule has 0 saturated heterocycles. The molecule has 4 nitrogen and oxygen atoms in total. The molecule has 2 N–H and O–H groups in total. The molecule has 0 aliphatic heterocycles. The number of benzene rings is 1. The maximum Gasteiger partial charge on any atom is 0.320 e. The molecule has 0 bridgehead atoms. The Balaban J connectivity index is 3.40. The third-order valence-corrected chi connectivity index (χ3v) is 1.54. The van der Waals surface area contributed by atoms with E-state index in [9.17, 15) is 18.9 Å². The highest BCUT2D eigenvalue weighted by Gasteiger charge is 2.20. The van der Waals surface area contributed by atoms with Gasteiger partial charge in [0.15, 0.2) is 0 Å². The Morgan fingerprint density at radius 3 is 2.67 bits per heavy atom. The van der Waals surface area contributed by atoms with E-state index >= 15 is 0 Å². The number of hydrogen-bond donors (Lipinski definition) is 1. The van der Waals surface area contributed by atoms with E-state index in [-0.39, 0.29) is 12.1 Å². The van der Waals surface area contributed by atoms with E-state index in [1.807, 2.05) is 0 Å². The van der Waals surface area contributed by atoms with Gasteiger partial charge in [-0.05, 0) is 6.07 Å². The van der Waals surface area contributed by atoms with Gasteiger partial charge in [0, 0.05) is 6.07 Å². The van der Waals surface area contributed by atoms with Gasteiger partial charge in [-0.15, -0.1) is 0 Å². The number of rotatable bonds is 1. The molecule has 0 aromatic heterocycles. The number of halogens is 2. The van der Waals surface area contributed by atoms with E-state index in [1.165, 1.54) is 0 Å². The predicted octanol–water partition coefficient (Wildman–Crippen LogP) is 1.18. The van der Waals surface area contributed by atoms with Gasteiger partial charge in [-0.25, -0.2) is 4.39 Å². The predicted molar refractivity (Wildman–Crippen MR) is 48.9 cm³/mol. The van der Waals surface area contributed by atoms with Gasteiger partial charge in [-0.3, -0.25) is 10.1 Å². The van der Waals surface area contributed by atoms with E-state index in [2.05, 4.69) is 11.8 Å². The maximum atomic E-state index is 13.0. The first kappa shape index (κ1) is 11.1. The molecular formula is C9H6F2N2O2.